The van der Waals surface area contributed by atoms with Crippen molar-refractivity contribution in [2.24, 2.45) is 0 Å². The fourth-order valence-electron chi connectivity index (χ4n) is 4.50. The second-order valence-corrected chi connectivity index (χ2v) is 10.7. The number of likely N-dealkylation sites (tertiary alicyclic amines) is 1. The summed E-state index contributed by atoms with van der Waals surface area (Å²) in [6, 6.07) is 23.6. The molecular formula is C30H30ClN3O2S. The van der Waals surface area contributed by atoms with Gasteiger partial charge in [-0.05, 0) is 67.4 Å². The van der Waals surface area contributed by atoms with Gasteiger partial charge < -0.3 is 10.1 Å². The van der Waals surface area contributed by atoms with Gasteiger partial charge in [-0.1, -0.05) is 60.5 Å². The summed E-state index contributed by atoms with van der Waals surface area (Å²) in [4.78, 5) is 19.9. The van der Waals surface area contributed by atoms with E-state index in [1.54, 1.807) is 0 Å². The molecule has 1 N–H and O–H groups in total. The highest BCUT2D eigenvalue weighted by molar-refractivity contribution is 7.10. The summed E-state index contributed by atoms with van der Waals surface area (Å²) in [5.74, 6) is 1.17. The van der Waals surface area contributed by atoms with E-state index >= 15 is 0 Å². The van der Waals surface area contributed by atoms with Crippen molar-refractivity contribution in [1.82, 2.24) is 9.88 Å². The number of ether oxygens (including phenoxy) is 1. The zero-order valence-corrected chi connectivity index (χ0v) is 22.2. The molecule has 5 rings (SSSR count). The highest BCUT2D eigenvalue weighted by atomic mass is 35.5. The molecule has 0 atom stereocenters. The lowest BCUT2D eigenvalue weighted by molar-refractivity contribution is 0.102. The topological polar surface area (TPSA) is 54.5 Å². The maximum absolute atomic E-state index is 12.8. The molecule has 5 nitrogen and oxygen atoms in total. The van der Waals surface area contributed by atoms with Gasteiger partial charge in [-0.25, -0.2) is 4.98 Å². The molecule has 0 saturated carbocycles. The van der Waals surface area contributed by atoms with Crippen molar-refractivity contribution in [3.8, 4) is 5.75 Å². The minimum absolute atomic E-state index is 0.156. The molecule has 0 bridgehead atoms. The molecule has 1 aliphatic rings. The minimum atomic E-state index is -0.156. The number of benzene rings is 3. The number of nitrogens with zero attached hydrogens (tertiary/aromatic N) is 2. The maximum Gasteiger partial charge on any atom is 0.256 e. The van der Waals surface area contributed by atoms with E-state index in [0.717, 1.165) is 41.5 Å². The van der Waals surface area contributed by atoms with Gasteiger partial charge in [-0.3, -0.25) is 9.69 Å². The predicted octanol–water partition coefficient (Wildman–Crippen LogP) is 7.20. The zero-order chi connectivity index (χ0) is 25.5. The van der Waals surface area contributed by atoms with E-state index < -0.39 is 0 Å². The Morgan fingerprint density at radius 1 is 0.973 bits per heavy atom. The lowest BCUT2D eigenvalue weighted by Gasteiger charge is -2.26. The van der Waals surface area contributed by atoms with Crippen LogP contribution in [0, 0.1) is 0 Å². The predicted molar refractivity (Wildman–Crippen MR) is 151 cm³/mol. The van der Waals surface area contributed by atoms with Crippen LogP contribution in [0.3, 0.4) is 0 Å². The molecule has 1 aromatic heterocycles. The Kier molecular flexibility index (Phi) is 8.51. The number of hydrogen-bond donors (Lipinski definition) is 1. The quantitative estimate of drug-likeness (QED) is 0.248. The number of amides is 1. The first-order valence-corrected chi connectivity index (χ1v) is 13.9. The van der Waals surface area contributed by atoms with Crippen molar-refractivity contribution >= 4 is 34.7 Å². The number of halogens is 1. The van der Waals surface area contributed by atoms with Crippen LogP contribution in [-0.4, -0.2) is 28.9 Å². The van der Waals surface area contributed by atoms with Crippen LogP contribution in [0.15, 0.2) is 78.2 Å². The first-order valence-electron chi connectivity index (χ1n) is 12.6. The Balaban J connectivity index is 1.19. The average molecular weight is 532 g/mol. The summed E-state index contributed by atoms with van der Waals surface area (Å²) in [5, 5.41) is 6.32. The number of anilines is 1. The van der Waals surface area contributed by atoms with Crippen molar-refractivity contribution < 1.29 is 9.53 Å². The molecule has 2 heterocycles. The third-order valence-electron chi connectivity index (χ3n) is 6.47. The van der Waals surface area contributed by atoms with Gasteiger partial charge in [0.2, 0.25) is 0 Å². The van der Waals surface area contributed by atoms with Crippen LogP contribution in [0.1, 0.15) is 51.3 Å². The molecule has 4 aromatic rings. The second kappa shape index (κ2) is 12.4. The fraction of sp³-hybridized carbons (Fsp3) is 0.267. The molecule has 1 aliphatic heterocycles. The number of thiazole rings is 1. The Morgan fingerprint density at radius 3 is 2.54 bits per heavy atom. The fourth-order valence-corrected chi connectivity index (χ4v) is 5.44. The van der Waals surface area contributed by atoms with Crippen molar-refractivity contribution in [2.45, 2.75) is 38.8 Å². The third-order valence-corrected chi connectivity index (χ3v) is 7.55. The normalized spacial score (nSPS) is 13.9. The molecule has 0 spiro atoms. The van der Waals surface area contributed by atoms with E-state index in [0.29, 0.717) is 29.4 Å². The first-order chi connectivity index (χ1) is 18.1. The van der Waals surface area contributed by atoms with Crippen molar-refractivity contribution in [3.63, 3.8) is 0 Å². The van der Waals surface area contributed by atoms with Crippen LogP contribution < -0.4 is 10.1 Å². The molecule has 0 unspecified atom stereocenters. The lowest BCUT2D eigenvalue weighted by Crippen LogP contribution is -2.29. The standard InChI is InChI=1S/C30H30ClN3O2S/c31-26-13-14-27(36-20-23-7-3-1-4-8-23)25(17-26)18-29-32-28(21-37-29)33-30(35)24-11-9-22(10-12-24)19-34-15-5-2-6-16-34/h1,3-4,7-14,17,21H,2,5-6,15-16,18-20H2,(H,33,35). The van der Waals surface area contributed by atoms with Gasteiger partial charge in [-0.2, -0.15) is 0 Å². The molecular weight excluding hydrogens is 502 g/mol. The summed E-state index contributed by atoms with van der Waals surface area (Å²) in [7, 11) is 0. The monoisotopic (exact) mass is 531 g/mol. The van der Waals surface area contributed by atoms with Crippen LogP contribution in [-0.2, 0) is 19.6 Å². The summed E-state index contributed by atoms with van der Waals surface area (Å²) >= 11 is 7.78. The molecule has 1 fully saturated rings. The molecule has 37 heavy (non-hydrogen) atoms. The summed E-state index contributed by atoms with van der Waals surface area (Å²) < 4.78 is 6.08. The third kappa shape index (κ3) is 7.19. The Hall–Kier alpha value is -3.19. The number of rotatable bonds is 9. The van der Waals surface area contributed by atoms with E-state index in [1.807, 2.05) is 78.2 Å². The average Bonchev–Trinajstić information content (AvgIpc) is 3.36. The highest BCUT2D eigenvalue weighted by Gasteiger charge is 2.14. The number of carbonyl (C=O) groups excluding carboxylic acids is 1. The van der Waals surface area contributed by atoms with E-state index in [1.165, 1.54) is 36.2 Å². The van der Waals surface area contributed by atoms with E-state index in [9.17, 15) is 4.79 Å². The molecule has 0 aliphatic carbocycles. The Bertz CT molecular complexity index is 1320. The van der Waals surface area contributed by atoms with Crippen LogP contribution in [0.2, 0.25) is 5.02 Å². The smallest absolute Gasteiger partial charge is 0.256 e. The number of aromatic nitrogens is 1. The van der Waals surface area contributed by atoms with Crippen molar-refractivity contribution in [1.29, 1.82) is 0 Å². The maximum atomic E-state index is 12.8. The van der Waals surface area contributed by atoms with Gasteiger partial charge in [0, 0.05) is 34.5 Å². The Morgan fingerprint density at radius 2 is 1.76 bits per heavy atom. The van der Waals surface area contributed by atoms with Crippen LogP contribution in [0.5, 0.6) is 5.75 Å². The molecule has 3 aromatic carbocycles. The highest BCUT2D eigenvalue weighted by Crippen LogP contribution is 2.28. The van der Waals surface area contributed by atoms with Crippen LogP contribution in [0.4, 0.5) is 5.82 Å². The lowest BCUT2D eigenvalue weighted by atomic mass is 10.1. The summed E-state index contributed by atoms with van der Waals surface area (Å²) in [6.07, 6.45) is 4.44. The van der Waals surface area contributed by atoms with Gasteiger partial charge >= 0.3 is 0 Å². The number of hydrogen-bond acceptors (Lipinski definition) is 5. The van der Waals surface area contributed by atoms with Crippen molar-refractivity contribution in [3.05, 3.63) is 110 Å². The van der Waals surface area contributed by atoms with E-state index in [-0.39, 0.29) is 5.91 Å². The summed E-state index contributed by atoms with van der Waals surface area (Å²) in [5.41, 5.74) is 3.92. The minimum Gasteiger partial charge on any atom is -0.489 e. The van der Waals surface area contributed by atoms with Gasteiger partial charge in [0.1, 0.15) is 18.2 Å². The summed E-state index contributed by atoms with van der Waals surface area (Å²) in [6.45, 7) is 3.73. The first kappa shape index (κ1) is 25.5. The molecule has 7 heteroatoms. The number of carbonyl (C=O) groups is 1. The van der Waals surface area contributed by atoms with Gasteiger partial charge in [0.25, 0.3) is 5.91 Å². The molecule has 1 saturated heterocycles. The van der Waals surface area contributed by atoms with Crippen LogP contribution in [0.25, 0.3) is 0 Å². The number of nitrogens with one attached hydrogen (secondary N) is 1. The zero-order valence-electron chi connectivity index (χ0n) is 20.7. The van der Waals surface area contributed by atoms with Gasteiger partial charge in [-0.15, -0.1) is 11.3 Å². The van der Waals surface area contributed by atoms with Crippen molar-refractivity contribution in [2.75, 3.05) is 18.4 Å². The molecule has 0 radical (unpaired) electrons. The van der Waals surface area contributed by atoms with Gasteiger partial charge in [0.05, 0.1) is 5.01 Å². The SMILES string of the molecule is O=C(Nc1csc(Cc2cc(Cl)ccc2OCc2ccccc2)n1)c1ccc(CN2CCCCC2)cc1. The Labute approximate surface area is 227 Å². The second-order valence-electron chi connectivity index (χ2n) is 9.32. The van der Waals surface area contributed by atoms with E-state index in [2.05, 4.69) is 15.2 Å². The molecule has 190 valence electrons. The van der Waals surface area contributed by atoms with Gasteiger partial charge in [0.15, 0.2) is 0 Å². The number of piperidine rings is 1. The largest absolute Gasteiger partial charge is 0.489 e. The molecule has 1 amide bonds. The van der Waals surface area contributed by atoms with E-state index in [4.69, 9.17) is 16.3 Å². The van der Waals surface area contributed by atoms with Crippen LogP contribution >= 0.6 is 22.9 Å².